The number of carbonyl (C=O) groups is 1. The second-order valence-electron chi connectivity index (χ2n) is 4.27. The number of nitrogens with one attached hydrogen (secondary N) is 1. The fraction of sp³-hybridized carbons (Fsp3) is 0.0667. The number of anilines is 2. The van der Waals surface area contributed by atoms with Gasteiger partial charge in [-0.3, -0.25) is 0 Å². The smallest absolute Gasteiger partial charge is 0.335 e. The Bertz CT molecular complexity index is 720. The molecule has 0 amide bonds. The molecule has 0 heterocycles. The largest absolute Gasteiger partial charge is 0.478 e. The van der Waals surface area contributed by atoms with Crippen LogP contribution in [0, 0.1) is 24.1 Å². The average Bonchev–Trinajstić information content (AvgIpc) is 2.41. The van der Waals surface area contributed by atoms with Crippen LogP contribution in [0.1, 0.15) is 21.5 Å². The molecule has 2 aromatic carbocycles. The molecular formula is C15H11FN2O2. The van der Waals surface area contributed by atoms with Gasteiger partial charge in [0.05, 0.1) is 22.9 Å². The van der Waals surface area contributed by atoms with Crippen molar-refractivity contribution in [2.24, 2.45) is 0 Å². The molecule has 0 aliphatic carbocycles. The van der Waals surface area contributed by atoms with E-state index in [2.05, 4.69) is 11.4 Å². The van der Waals surface area contributed by atoms with Crippen LogP contribution in [-0.2, 0) is 0 Å². The summed E-state index contributed by atoms with van der Waals surface area (Å²) in [6.45, 7) is 1.79. The Morgan fingerprint density at radius 2 is 2.05 bits per heavy atom. The summed E-state index contributed by atoms with van der Waals surface area (Å²) in [5.74, 6) is -1.82. The molecule has 0 saturated carbocycles. The fourth-order valence-electron chi connectivity index (χ4n) is 1.77. The van der Waals surface area contributed by atoms with Gasteiger partial charge in [-0.1, -0.05) is 0 Å². The van der Waals surface area contributed by atoms with Gasteiger partial charge < -0.3 is 10.4 Å². The SMILES string of the molecule is Cc1cc(Nc2ccc(C(=O)O)cc2F)ccc1C#N. The molecule has 2 aromatic rings. The van der Waals surface area contributed by atoms with Crippen molar-refractivity contribution in [1.29, 1.82) is 5.26 Å². The Morgan fingerprint density at radius 1 is 1.30 bits per heavy atom. The first kappa shape index (κ1) is 13.6. The van der Waals surface area contributed by atoms with Gasteiger partial charge in [-0.05, 0) is 48.9 Å². The van der Waals surface area contributed by atoms with Gasteiger partial charge >= 0.3 is 5.97 Å². The number of nitrogens with zero attached hydrogens (tertiary/aromatic N) is 1. The van der Waals surface area contributed by atoms with Crippen molar-refractivity contribution in [3.63, 3.8) is 0 Å². The standard InChI is InChI=1S/C15H11FN2O2/c1-9-6-12(4-2-11(9)8-17)18-14-5-3-10(15(19)20)7-13(14)16/h2-7,18H,1H3,(H,19,20). The molecule has 100 valence electrons. The van der Waals surface area contributed by atoms with Crippen LogP contribution in [0.15, 0.2) is 36.4 Å². The summed E-state index contributed by atoms with van der Waals surface area (Å²) in [5.41, 5.74) is 2.03. The molecule has 0 aliphatic rings. The Morgan fingerprint density at radius 3 is 2.60 bits per heavy atom. The van der Waals surface area contributed by atoms with Crippen LogP contribution in [0.4, 0.5) is 15.8 Å². The van der Waals surface area contributed by atoms with E-state index in [1.54, 1.807) is 25.1 Å². The zero-order chi connectivity index (χ0) is 14.7. The van der Waals surface area contributed by atoms with Gasteiger partial charge in [0.2, 0.25) is 0 Å². The van der Waals surface area contributed by atoms with Crippen LogP contribution in [-0.4, -0.2) is 11.1 Å². The van der Waals surface area contributed by atoms with E-state index in [0.29, 0.717) is 11.3 Å². The number of carboxylic acid groups (broad SMARTS) is 1. The highest BCUT2D eigenvalue weighted by atomic mass is 19.1. The molecule has 0 aromatic heterocycles. The van der Waals surface area contributed by atoms with Crippen LogP contribution in [0.5, 0.6) is 0 Å². The minimum Gasteiger partial charge on any atom is -0.478 e. The van der Waals surface area contributed by atoms with Crippen molar-refractivity contribution in [1.82, 2.24) is 0 Å². The maximum atomic E-state index is 13.8. The van der Waals surface area contributed by atoms with E-state index in [1.165, 1.54) is 12.1 Å². The number of carboxylic acids is 1. The summed E-state index contributed by atoms with van der Waals surface area (Å²) in [7, 11) is 0. The molecule has 0 radical (unpaired) electrons. The second kappa shape index (κ2) is 5.41. The van der Waals surface area contributed by atoms with Gasteiger partial charge in [0.1, 0.15) is 5.82 Å². The molecule has 2 N–H and O–H groups in total. The van der Waals surface area contributed by atoms with Crippen molar-refractivity contribution in [3.05, 3.63) is 58.9 Å². The molecule has 0 aliphatic heterocycles. The van der Waals surface area contributed by atoms with Gasteiger partial charge in [-0.25, -0.2) is 9.18 Å². The highest BCUT2D eigenvalue weighted by molar-refractivity contribution is 5.88. The molecule has 4 nitrogen and oxygen atoms in total. The highest BCUT2D eigenvalue weighted by Gasteiger charge is 2.09. The summed E-state index contributed by atoms with van der Waals surface area (Å²) in [4.78, 5) is 10.7. The molecule has 0 fully saturated rings. The molecule has 0 unspecified atom stereocenters. The maximum absolute atomic E-state index is 13.8. The third kappa shape index (κ3) is 2.75. The highest BCUT2D eigenvalue weighted by Crippen LogP contribution is 2.22. The molecular weight excluding hydrogens is 259 g/mol. The lowest BCUT2D eigenvalue weighted by atomic mass is 10.1. The first-order chi connectivity index (χ1) is 9.51. The number of hydrogen-bond donors (Lipinski definition) is 2. The van der Waals surface area contributed by atoms with E-state index >= 15 is 0 Å². The molecule has 5 heteroatoms. The lowest BCUT2D eigenvalue weighted by Crippen LogP contribution is -2.00. The zero-order valence-electron chi connectivity index (χ0n) is 10.6. The predicted molar refractivity (Wildman–Crippen MR) is 72.5 cm³/mol. The first-order valence-corrected chi connectivity index (χ1v) is 5.82. The predicted octanol–water partition coefficient (Wildman–Crippen LogP) is 3.45. The van der Waals surface area contributed by atoms with E-state index in [-0.39, 0.29) is 11.3 Å². The Kier molecular flexibility index (Phi) is 3.67. The zero-order valence-corrected chi connectivity index (χ0v) is 10.6. The van der Waals surface area contributed by atoms with Crippen molar-refractivity contribution >= 4 is 17.3 Å². The fourth-order valence-corrected chi connectivity index (χ4v) is 1.77. The average molecular weight is 270 g/mol. The Labute approximate surface area is 115 Å². The molecule has 0 atom stereocenters. The normalized spacial score (nSPS) is 9.85. The summed E-state index contributed by atoms with van der Waals surface area (Å²) in [6, 6.07) is 10.7. The lowest BCUT2D eigenvalue weighted by molar-refractivity contribution is 0.0696. The van der Waals surface area contributed by atoms with Crippen LogP contribution < -0.4 is 5.32 Å². The number of hydrogen-bond acceptors (Lipinski definition) is 3. The number of nitriles is 1. The number of halogens is 1. The summed E-state index contributed by atoms with van der Waals surface area (Å²) >= 11 is 0. The number of aromatic carboxylic acids is 1. The quantitative estimate of drug-likeness (QED) is 0.895. The maximum Gasteiger partial charge on any atom is 0.335 e. The topological polar surface area (TPSA) is 73.1 Å². The van der Waals surface area contributed by atoms with Crippen molar-refractivity contribution in [3.8, 4) is 6.07 Å². The molecule has 20 heavy (non-hydrogen) atoms. The van der Waals surface area contributed by atoms with Crippen LogP contribution in [0.2, 0.25) is 0 Å². The summed E-state index contributed by atoms with van der Waals surface area (Å²) < 4.78 is 13.8. The van der Waals surface area contributed by atoms with Gasteiger partial charge in [-0.15, -0.1) is 0 Å². The minimum absolute atomic E-state index is 0.107. The van der Waals surface area contributed by atoms with Crippen molar-refractivity contribution in [2.45, 2.75) is 6.92 Å². The van der Waals surface area contributed by atoms with Gasteiger partial charge in [-0.2, -0.15) is 5.26 Å². The van der Waals surface area contributed by atoms with Crippen LogP contribution in [0.3, 0.4) is 0 Å². The van der Waals surface area contributed by atoms with E-state index in [4.69, 9.17) is 10.4 Å². The van der Waals surface area contributed by atoms with Crippen LogP contribution in [0.25, 0.3) is 0 Å². The number of rotatable bonds is 3. The first-order valence-electron chi connectivity index (χ1n) is 5.82. The van der Waals surface area contributed by atoms with Gasteiger partial charge in [0.15, 0.2) is 0 Å². The Hall–Kier alpha value is -2.87. The molecule has 0 saturated heterocycles. The minimum atomic E-state index is -1.18. The summed E-state index contributed by atoms with van der Waals surface area (Å²) in [5, 5.41) is 20.5. The lowest BCUT2D eigenvalue weighted by Gasteiger charge is -2.09. The monoisotopic (exact) mass is 270 g/mol. The van der Waals surface area contributed by atoms with Gasteiger partial charge in [0, 0.05) is 5.69 Å². The van der Waals surface area contributed by atoms with Crippen molar-refractivity contribution < 1.29 is 14.3 Å². The van der Waals surface area contributed by atoms with E-state index in [0.717, 1.165) is 11.6 Å². The van der Waals surface area contributed by atoms with E-state index in [9.17, 15) is 9.18 Å². The summed E-state index contributed by atoms with van der Waals surface area (Å²) in [6.07, 6.45) is 0. The van der Waals surface area contributed by atoms with Gasteiger partial charge in [0.25, 0.3) is 0 Å². The molecule has 0 spiro atoms. The van der Waals surface area contributed by atoms with E-state index in [1.807, 2.05) is 0 Å². The van der Waals surface area contributed by atoms with E-state index < -0.39 is 11.8 Å². The number of benzene rings is 2. The third-order valence-corrected chi connectivity index (χ3v) is 2.84. The van der Waals surface area contributed by atoms with Crippen LogP contribution >= 0.6 is 0 Å². The molecule has 0 bridgehead atoms. The Balaban J connectivity index is 2.29. The third-order valence-electron chi connectivity index (χ3n) is 2.84. The molecule has 2 rings (SSSR count). The second-order valence-corrected chi connectivity index (χ2v) is 4.27. The number of aryl methyl sites for hydroxylation is 1. The van der Waals surface area contributed by atoms with Crippen molar-refractivity contribution in [2.75, 3.05) is 5.32 Å².